The summed E-state index contributed by atoms with van der Waals surface area (Å²) in [6, 6.07) is 12.8. The van der Waals surface area contributed by atoms with Crippen LogP contribution in [0.3, 0.4) is 0 Å². The Hall–Kier alpha value is -1.65. The van der Waals surface area contributed by atoms with Gasteiger partial charge in [0.15, 0.2) is 0 Å². The van der Waals surface area contributed by atoms with Crippen molar-refractivity contribution in [1.82, 2.24) is 5.32 Å². The molecular weight excluding hydrogens is 316 g/mol. The second kappa shape index (κ2) is 7.49. The fourth-order valence-electron chi connectivity index (χ4n) is 3.44. The topological polar surface area (TPSA) is 33.5 Å². The SMILES string of the molecule is C[C@H]1CCc2sc(C(=O)NC[C@@H](c3ccccc3)[NH+](C)C)cc2C1. The minimum absolute atomic E-state index is 0.0734. The van der Waals surface area contributed by atoms with Crippen molar-refractivity contribution in [2.24, 2.45) is 5.92 Å². The number of likely N-dealkylation sites (N-methyl/N-ethyl adjacent to an activating group) is 1. The van der Waals surface area contributed by atoms with Crippen LogP contribution in [-0.4, -0.2) is 26.5 Å². The molecule has 2 N–H and O–H groups in total. The van der Waals surface area contributed by atoms with Crippen LogP contribution in [0.4, 0.5) is 0 Å². The van der Waals surface area contributed by atoms with E-state index in [1.165, 1.54) is 27.3 Å². The molecule has 2 atom stereocenters. The molecule has 2 aromatic rings. The molecule has 4 heteroatoms. The van der Waals surface area contributed by atoms with Crippen molar-refractivity contribution >= 4 is 17.2 Å². The maximum absolute atomic E-state index is 12.6. The molecule has 0 saturated carbocycles. The van der Waals surface area contributed by atoms with Crippen LogP contribution in [0.15, 0.2) is 36.4 Å². The van der Waals surface area contributed by atoms with Crippen LogP contribution in [0.1, 0.15) is 45.1 Å². The van der Waals surface area contributed by atoms with Gasteiger partial charge >= 0.3 is 0 Å². The van der Waals surface area contributed by atoms with Crippen molar-refractivity contribution in [2.75, 3.05) is 20.6 Å². The lowest BCUT2D eigenvalue weighted by Crippen LogP contribution is -3.07. The van der Waals surface area contributed by atoms with Gasteiger partial charge < -0.3 is 10.2 Å². The van der Waals surface area contributed by atoms with Gasteiger partial charge in [0.1, 0.15) is 6.04 Å². The van der Waals surface area contributed by atoms with Crippen LogP contribution in [-0.2, 0) is 12.8 Å². The van der Waals surface area contributed by atoms with Crippen molar-refractivity contribution in [1.29, 1.82) is 0 Å². The van der Waals surface area contributed by atoms with Gasteiger partial charge in [-0.15, -0.1) is 11.3 Å². The number of carbonyl (C=O) groups excluding carboxylic acids is 1. The molecule has 0 unspecified atom stereocenters. The highest BCUT2D eigenvalue weighted by Crippen LogP contribution is 2.32. The van der Waals surface area contributed by atoms with Gasteiger partial charge in [-0.2, -0.15) is 0 Å². The minimum atomic E-state index is 0.0734. The van der Waals surface area contributed by atoms with Crippen LogP contribution < -0.4 is 10.2 Å². The smallest absolute Gasteiger partial charge is 0.261 e. The summed E-state index contributed by atoms with van der Waals surface area (Å²) < 4.78 is 0. The van der Waals surface area contributed by atoms with E-state index in [0.29, 0.717) is 6.54 Å². The molecule has 1 aliphatic carbocycles. The summed E-state index contributed by atoms with van der Waals surface area (Å²) in [7, 11) is 4.27. The molecule has 0 aliphatic heterocycles. The highest BCUT2D eigenvalue weighted by molar-refractivity contribution is 7.14. The number of thiophene rings is 1. The lowest BCUT2D eigenvalue weighted by atomic mass is 9.90. The molecule has 128 valence electrons. The minimum Gasteiger partial charge on any atom is -0.345 e. The Morgan fingerprint density at radius 3 is 2.79 bits per heavy atom. The summed E-state index contributed by atoms with van der Waals surface area (Å²) in [6.45, 7) is 2.95. The summed E-state index contributed by atoms with van der Waals surface area (Å²) in [6.07, 6.45) is 3.49. The number of hydrogen-bond acceptors (Lipinski definition) is 2. The fourth-order valence-corrected chi connectivity index (χ4v) is 4.57. The molecule has 0 saturated heterocycles. The van der Waals surface area contributed by atoms with Gasteiger partial charge in [-0.3, -0.25) is 4.79 Å². The summed E-state index contributed by atoms with van der Waals surface area (Å²) >= 11 is 1.68. The largest absolute Gasteiger partial charge is 0.345 e. The number of carbonyl (C=O) groups is 1. The predicted molar refractivity (Wildman–Crippen MR) is 99.8 cm³/mol. The van der Waals surface area contributed by atoms with Crippen LogP contribution in [0.5, 0.6) is 0 Å². The van der Waals surface area contributed by atoms with E-state index >= 15 is 0 Å². The van der Waals surface area contributed by atoms with E-state index in [-0.39, 0.29) is 11.9 Å². The second-order valence-corrected chi connectivity index (χ2v) is 8.29. The zero-order valence-electron chi connectivity index (χ0n) is 14.8. The Labute approximate surface area is 148 Å². The van der Waals surface area contributed by atoms with Gasteiger partial charge in [-0.25, -0.2) is 0 Å². The first-order valence-corrected chi connectivity index (χ1v) is 9.61. The maximum atomic E-state index is 12.6. The summed E-state index contributed by atoms with van der Waals surface area (Å²) in [4.78, 5) is 16.2. The molecule has 1 aromatic carbocycles. The highest BCUT2D eigenvalue weighted by Gasteiger charge is 2.22. The lowest BCUT2D eigenvalue weighted by Gasteiger charge is -2.22. The third-order valence-electron chi connectivity index (χ3n) is 4.92. The average molecular weight is 344 g/mol. The van der Waals surface area contributed by atoms with Crippen LogP contribution in [0.2, 0.25) is 0 Å². The standard InChI is InChI=1S/C20H26N2OS/c1-14-9-10-18-16(11-14)12-19(24-18)20(23)21-13-17(22(2)3)15-7-5-4-6-8-15/h4-8,12,14,17H,9-11,13H2,1-3H3,(H,21,23)/p+1/t14-,17-/m0/s1. The van der Waals surface area contributed by atoms with E-state index in [0.717, 1.165) is 23.6 Å². The molecule has 3 nitrogen and oxygen atoms in total. The molecule has 3 rings (SSSR count). The second-order valence-electron chi connectivity index (χ2n) is 7.16. The van der Waals surface area contributed by atoms with Crippen molar-refractivity contribution < 1.29 is 9.69 Å². The van der Waals surface area contributed by atoms with E-state index in [1.807, 2.05) is 6.07 Å². The van der Waals surface area contributed by atoms with Gasteiger partial charge in [0.05, 0.1) is 25.5 Å². The number of nitrogens with one attached hydrogen (secondary N) is 2. The predicted octanol–water partition coefficient (Wildman–Crippen LogP) is 2.49. The van der Waals surface area contributed by atoms with Crippen LogP contribution in [0, 0.1) is 5.92 Å². The Morgan fingerprint density at radius 2 is 2.08 bits per heavy atom. The first-order valence-electron chi connectivity index (χ1n) is 8.79. The summed E-state index contributed by atoms with van der Waals surface area (Å²) in [5.74, 6) is 0.812. The van der Waals surface area contributed by atoms with Gasteiger partial charge in [-0.05, 0) is 36.8 Å². The van der Waals surface area contributed by atoms with Crippen LogP contribution >= 0.6 is 11.3 Å². The normalized spacial score (nSPS) is 18.2. The quantitative estimate of drug-likeness (QED) is 0.859. The zero-order valence-corrected chi connectivity index (χ0v) is 15.6. The summed E-state index contributed by atoms with van der Waals surface area (Å²) in [5, 5.41) is 3.15. The monoisotopic (exact) mass is 343 g/mol. The van der Waals surface area contributed by atoms with Gasteiger partial charge in [0.25, 0.3) is 5.91 Å². The number of aryl methyl sites for hydroxylation is 1. The molecule has 24 heavy (non-hydrogen) atoms. The molecule has 1 amide bonds. The van der Waals surface area contributed by atoms with E-state index < -0.39 is 0 Å². The van der Waals surface area contributed by atoms with Gasteiger partial charge in [0.2, 0.25) is 0 Å². The van der Waals surface area contributed by atoms with Gasteiger partial charge in [-0.1, -0.05) is 37.3 Å². The molecule has 0 spiro atoms. The molecule has 0 bridgehead atoms. The number of quaternary nitrogens is 1. The number of amides is 1. The van der Waals surface area contributed by atoms with Crippen molar-refractivity contribution in [3.63, 3.8) is 0 Å². The third kappa shape index (κ3) is 3.87. The summed E-state index contributed by atoms with van der Waals surface area (Å²) in [5.41, 5.74) is 2.65. The fraction of sp³-hybridized carbons (Fsp3) is 0.450. The van der Waals surface area contributed by atoms with Crippen LogP contribution in [0.25, 0.3) is 0 Å². The molecule has 1 heterocycles. The Kier molecular flexibility index (Phi) is 5.36. The lowest BCUT2D eigenvalue weighted by molar-refractivity contribution is -0.890. The molecule has 0 fully saturated rings. The molecule has 1 aromatic heterocycles. The van der Waals surface area contributed by atoms with Crippen molar-refractivity contribution in [3.05, 3.63) is 57.3 Å². The molecule has 0 radical (unpaired) electrons. The van der Waals surface area contributed by atoms with E-state index in [4.69, 9.17) is 0 Å². The maximum Gasteiger partial charge on any atom is 0.261 e. The number of fused-ring (bicyclic) bond motifs is 1. The van der Waals surface area contributed by atoms with E-state index in [2.05, 4.69) is 56.7 Å². The Morgan fingerprint density at radius 1 is 1.33 bits per heavy atom. The number of rotatable bonds is 5. The number of benzene rings is 1. The first kappa shape index (κ1) is 17.2. The molecule has 1 aliphatic rings. The Bertz CT molecular complexity index is 693. The third-order valence-corrected chi connectivity index (χ3v) is 6.15. The zero-order chi connectivity index (χ0) is 17.1. The average Bonchev–Trinajstić information content (AvgIpc) is 2.98. The van der Waals surface area contributed by atoms with Crippen molar-refractivity contribution in [3.8, 4) is 0 Å². The van der Waals surface area contributed by atoms with E-state index in [9.17, 15) is 4.79 Å². The number of hydrogen-bond donors (Lipinski definition) is 2. The van der Waals surface area contributed by atoms with E-state index in [1.54, 1.807) is 11.3 Å². The van der Waals surface area contributed by atoms with Crippen molar-refractivity contribution in [2.45, 2.75) is 32.2 Å². The van der Waals surface area contributed by atoms with Gasteiger partial charge in [0, 0.05) is 10.4 Å². The highest BCUT2D eigenvalue weighted by atomic mass is 32.1. The molecular formula is C20H27N2OS+. The Balaban J connectivity index is 1.66. The first-order chi connectivity index (χ1) is 11.5.